The molecule has 0 saturated heterocycles. The molecule has 0 atom stereocenters. The van der Waals surface area contributed by atoms with Gasteiger partial charge >= 0.3 is 0 Å². The van der Waals surface area contributed by atoms with Gasteiger partial charge in [0.05, 0.1) is 31.3 Å². The lowest BCUT2D eigenvalue weighted by molar-refractivity contribution is 0.453. The molecule has 0 fully saturated rings. The number of aromatic nitrogens is 7. The summed E-state index contributed by atoms with van der Waals surface area (Å²) in [5.41, 5.74) is 7.71. The first-order chi connectivity index (χ1) is 31.8. The van der Waals surface area contributed by atoms with Crippen LogP contribution < -0.4 is 34.7 Å². The molecular formula is C52H43N7OS2Si3. The maximum atomic E-state index is 7.61. The average molecular weight is 930 g/mol. The minimum absolute atomic E-state index is 0.507. The Kier molecular flexibility index (Phi) is 9.20. The second kappa shape index (κ2) is 15.0. The zero-order valence-corrected chi connectivity index (χ0v) is 40.9. The topological polar surface area (TPSA) is 83.0 Å². The lowest BCUT2D eigenvalue weighted by Crippen LogP contribution is -2.77. The van der Waals surface area contributed by atoms with E-state index in [4.69, 9.17) is 19.7 Å². The van der Waals surface area contributed by atoms with Crippen LogP contribution in [0, 0.1) is 0 Å². The van der Waals surface area contributed by atoms with E-state index in [9.17, 15) is 0 Å². The molecule has 0 aliphatic carbocycles. The van der Waals surface area contributed by atoms with E-state index in [1.54, 1.807) is 12.7 Å². The van der Waals surface area contributed by atoms with Gasteiger partial charge in [-0.3, -0.25) is 8.97 Å². The summed E-state index contributed by atoms with van der Waals surface area (Å²) in [5, 5.41) is 4.96. The van der Waals surface area contributed by atoms with Crippen LogP contribution in [0.15, 0.2) is 189 Å². The van der Waals surface area contributed by atoms with Crippen LogP contribution in [-0.2, 0) is 4.66 Å². The van der Waals surface area contributed by atoms with Crippen molar-refractivity contribution in [2.45, 2.75) is 30.8 Å². The number of hydrogen-bond donors (Lipinski definition) is 0. The van der Waals surface area contributed by atoms with E-state index in [1.165, 1.54) is 54.9 Å². The van der Waals surface area contributed by atoms with Gasteiger partial charge in [-0.15, -0.1) is 0 Å². The molecule has 1 aliphatic rings. The Morgan fingerprint density at radius 3 is 1.74 bits per heavy atom. The summed E-state index contributed by atoms with van der Waals surface area (Å²) in [6, 6.07) is 64.4. The predicted molar refractivity (Wildman–Crippen MR) is 274 cm³/mol. The molecule has 0 radical (unpaired) electrons. The summed E-state index contributed by atoms with van der Waals surface area (Å²) < 4.78 is 23.2. The molecule has 4 aromatic heterocycles. The molecular weight excluding hydrogens is 887 g/mol. The maximum absolute atomic E-state index is 7.61. The van der Waals surface area contributed by atoms with Gasteiger partial charge in [-0.25, -0.2) is 15.0 Å². The summed E-state index contributed by atoms with van der Waals surface area (Å²) in [6.45, 7) is 9.97. The van der Waals surface area contributed by atoms with Gasteiger partial charge in [0.2, 0.25) is 5.78 Å². The fourth-order valence-electron chi connectivity index (χ4n) is 11.5. The maximum Gasteiger partial charge on any atom is 0.220 e. The molecule has 8 nitrogen and oxygen atoms in total. The van der Waals surface area contributed by atoms with E-state index in [-0.39, 0.29) is 0 Å². The van der Waals surface area contributed by atoms with Gasteiger partial charge in [0.25, 0.3) is 0 Å². The van der Waals surface area contributed by atoms with Crippen molar-refractivity contribution in [1.82, 2.24) is 32.7 Å². The quantitative estimate of drug-likeness (QED) is 0.107. The largest absolute Gasteiger partial charge is 0.457 e. The SMILES string of the molecule is C[Si](C)(c1ncns1)C1([Si](C)(C)c2ncns2)c2ccccc2Oc2c1cccc2[Si](c1ccccc1)(c1ccccc1)c1cccc(-n2c3ccccc3n3c4ccccc4nc23)c1. The molecule has 0 N–H and O–H groups in total. The summed E-state index contributed by atoms with van der Waals surface area (Å²) in [4.78, 5) is 15.4. The third-order valence-electron chi connectivity index (χ3n) is 14.1. The van der Waals surface area contributed by atoms with Crippen molar-refractivity contribution in [3.63, 3.8) is 0 Å². The Morgan fingerprint density at radius 1 is 0.523 bits per heavy atom. The van der Waals surface area contributed by atoms with Crippen LogP contribution in [-0.4, -0.2) is 56.9 Å². The highest BCUT2D eigenvalue weighted by molar-refractivity contribution is 7.30. The molecule has 5 heterocycles. The second-order valence-corrected chi connectivity index (χ2v) is 33.4. The Morgan fingerprint density at radius 2 is 1.08 bits per heavy atom. The number of ether oxygens (including phenoxy) is 1. The number of benzene rings is 7. The van der Waals surface area contributed by atoms with Crippen molar-refractivity contribution >= 4 is 105 Å². The second-order valence-electron chi connectivity index (χ2n) is 17.9. The Hall–Kier alpha value is -6.62. The normalized spacial score (nSPS) is 13.8. The molecule has 7 aromatic carbocycles. The van der Waals surface area contributed by atoms with Crippen molar-refractivity contribution in [2.75, 3.05) is 0 Å². The third-order valence-corrected chi connectivity index (χ3v) is 34.4. The van der Waals surface area contributed by atoms with Gasteiger partial charge in [0.15, 0.2) is 8.07 Å². The molecule has 12 rings (SSSR count). The van der Waals surface area contributed by atoms with Gasteiger partial charge in [-0.05, 0) is 86.3 Å². The van der Waals surface area contributed by atoms with Crippen LogP contribution in [0.2, 0.25) is 26.2 Å². The molecule has 0 saturated carbocycles. The zero-order valence-electron chi connectivity index (χ0n) is 36.3. The van der Waals surface area contributed by atoms with Crippen LogP contribution in [0.3, 0.4) is 0 Å². The average Bonchev–Trinajstić information content (AvgIpc) is 4.19. The summed E-state index contributed by atoms with van der Waals surface area (Å²) in [6.07, 6.45) is 3.46. The number of hydrogen-bond acceptors (Lipinski definition) is 8. The Balaban J connectivity index is 1.22. The van der Waals surface area contributed by atoms with Gasteiger partial charge in [0.1, 0.15) is 40.3 Å². The van der Waals surface area contributed by atoms with Crippen LogP contribution in [0.4, 0.5) is 0 Å². The standard InChI is InChI=1S/C52H43N7OS2Si3/c1-63(2,50-53-34-55-61-50)52(64(3,4)51-54-35-56-62-51)40-25-11-16-31-46(40)60-48-41(52)26-18-32-47(48)65(37-20-7-5-8-21-37,38-22-9-6-10-23-38)39-24-17-19-36(33-39)58-44-29-14-15-30-45(44)59-43-28-13-12-27-42(43)57-49(58)59/h5-35H,1-4H3. The number of nitrogens with zero attached hydrogens (tertiary/aromatic N) is 7. The van der Waals surface area contributed by atoms with E-state index in [1.807, 2.05) is 0 Å². The van der Waals surface area contributed by atoms with Crippen LogP contribution >= 0.6 is 23.1 Å². The first kappa shape index (κ1) is 39.9. The molecule has 11 aromatic rings. The minimum atomic E-state index is -3.31. The molecule has 0 bridgehead atoms. The van der Waals surface area contributed by atoms with E-state index in [2.05, 4.69) is 220 Å². The minimum Gasteiger partial charge on any atom is -0.457 e. The van der Waals surface area contributed by atoms with Crippen LogP contribution in [0.25, 0.3) is 33.5 Å². The number of rotatable bonds is 9. The third kappa shape index (κ3) is 5.53. The molecule has 316 valence electrons. The lowest BCUT2D eigenvalue weighted by atomic mass is 9.98. The highest BCUT2D eigenvalue weighted by Gasteiger charge is 2.66. The highest BCUT2D eigenvalue weighted by Crippen LogP contribution is 2.56. The van der Waals surface area contributed by atoms with Crippen LogP contribution in [0.5, 0.6) is 11.5 Å². The summed E-state index contributed by atoms with van der Waals surface area (Å²) in [5.74, 6) is 2.69. The number of fused-ring (bicyclic) bond motifs is 7. The summed E-state index contributed by atoms with van der Waals surface area (Å²) in [7, 11) is -8.78. The molecule has 0 amide bonds. The van der Waals surface area contributed by atoms with E-state index in [0.717, 1.165) is 54.3 Å². The first-order valence-electron chi connectivity index (χ1n) is 21.8. The van der Waals surface area contributed by atoms with Crippen molar-refractivity contribution in [3.8, 4) is 17.2 Å². The van der Waals surface area contributed by atoms with Gasteiger partial charge < -0.3 is 4.74 Å². The molecule has 0 spiro atoms. The molecule has 0 unspecified atom stereocenters. The van der Waals surface area contributed by atoms with Crippen LogP contribution in [0.1, 0.15) is 11.1 Å². The fraction of sp³-hybridized carbons (Fsp3) is 0.0962. The van der Waals surface area contributed by atoms with E-state index in [0.29, 0.717) is 0 Å². The van der Waals surface area contributed by atoms with Gasteiger partial charge in [0, 0.05) is 21.5 Å². The molecule has 13 heteroatoms. The van der Waals surface area contributed by atoms with Crippen molar-refractivity contribution in [3.05, 3.63) is 200 Å². The van der Waals surface area contributed by atoms with Crippen molar-refractivity contribution in [2.24, 2.45) is 0 Å². The van der Waals surface area contributed by atoms with Gasteiger partial charge in [-0.2, -0.15) is 8.75 Å². The zero-order chi connectivity index (χ0) is 44.0. The number of para-hydroxylation sites is 6. The Bertz CT molecular complexity index is 3470. The smallest absolute Gasteiger partial charge is 0.220 e. The van der Waals surface area contributed by atoms with Gasteiger partial charge in [-0.1, -0.05) is 160 Å². The predicted octanol–water partition coefficient (Wildman–Crippen LogP) is 8.21. The van der Waals surface area contributed by atoms with Crippen molar-refractivity contribution in [1.29, 1.82) is 0 Å². The first-order valence-corrected chi connectivity index (χ1v) is 31.4. The van der Waals surface area contributed by atoms with Crippen molar-refractivity contribution < 1.29 is 4.74 Å². The molecule has 1 aliphatic heterocycles. The number of imidazole rings is 2. The summed E-state index contributed by atoms with van der Waals surface area (Å²) >= 11 is 3.07. The molecule has 65 heavy (non-hydrogen) atoms. The lowest BCUT2D eigenvalue weighted by Gasteiger charge is -2.55. The van der Waals surface area contributed by atoms with E-state index >= 15 is 0 Å². The Labute approximate surface area is 387 Å². The fourth-order valence-corrected chi connectivity index (χ4v) is 32.5. The monoisotopic (exact) mass is 929 g/mol. The van der Waals surface area contributed by atoms with E-state index < -0.39 is 28.9 Å². The highest BCUT2D eigenvalue weighted by atomic mass is 32.1.